The standard InChI is InChI=1S/C14H17N5OS.ClH/c1-10(18-14(20)13-6-21-9-16-13)11-2-4-12(5-3-11)19-8-15-7-17-19;/h2-5,7-8,10,13,16H,6,9H2,1H3,(H,18,20);1H. The first-order chi connectivity index (χ1) is 10.2. The maximum Gasteiger partial charge on any atom is 0.238 e. The van der Waals surface area contributed by atoms with Gasteiger partial charge in [0.2, 0.25) is 5.91 Å². The van der Waals surface area contributed by atoms with Gasteiger partial charge in [0.1, 0.15) is 12.7 Å². The third kappa shape index (κ3) is 3.79. The van der Waals surface area contributed by atoms with E-state index < -0.39 is 0 Å². The molecule has 3 rings (SSSR count). The number of carbonyl (C=O) groups is 1. The predicted molar refractivity (Wildman–Crippen MR) is 89.4 cm³/mol. The Morgan fingerprint density at radius 1 is 1.45 bits per heavy atom. The Hall–Kier alpha value is -1.57. The summed E-state index contributed by atoms with van der Waals surface area (Å²) in [6.07, 6.45) is 3.16. The van der Waals surface area contributed by atoms with Gasteiger partial charge in [0.15, 0.2) is 0 Å². The van der Waals surface area contributed by atoms with Gasteiger partial charge in [0, 0.05) is 11.6 Å². The van der Waals surface area contributed by atoms with Crippen molar-refractivity contribution in [3.63, 3.8) is 0 Å². The van der Waals surface area contributed by atoms with Crippen molar-refractivity contribution < 1.29 is 4.79 Å². The molecule has 118 valence electrons. The zero-order chi connectivity index (χ0) is 14.7. The van der Waals surface area contributed by atoms with Gasteiger partial charge in [-0.15, -0.1) is 24.2 Å². The Morgan fingerprint density at radius 2 is 2.23 bits per heavy atom. The van der Waals surface area contributed by atoms with Gasteiger partial charge in [-0.2, -0.15) is 5.10 Å². The zero-order valence-corrected chi connectivity index (χ0v) is 13.7. The largest absolute Gasteiger partial charge is 0.348 e. The molecular weight excluding hydrogens is 322 g/mol. The van der Waals surface area contributed by atoms with Gasteiger partial charge >= 0.3 is 0 Å². The van der Waals surface area contributed by atoms with E-state index in [2.05, 4.69) is 20.7 Å². The Balaban J connectivity index is 0.00000176. The summed E-state index contributed by atoms with van der Waals surface area (Å²) in [6, 6.07) is 7.84. The lowest BCUT2D eigenvalue weighted by atomic mass is 10.1. The fourth-order valence-corrected chi connectivity index (χ4v) is 3.16. The molecule has 0 spiro atoms. The van der Waals surface area contributed by atoms with Crippen LogP contribution in [0.25, 0.3) is 5.69 Å². The highest BCUT2D eigenvalue weighted by molar-refractivity contribution is 7.99. The molecule has 1 aromatic carbocycles. The predicted octanol–water partition coefficient (Wildman–Crippen LogP) is 1.53. The molecule has 2 heterocycles. The summed E-state index contributed by atoms with van der Waals surface area (Å²) >= 11 is 1.75. The molecule has 1 aromatic heterocycles. The van der Waals surface area contributed by atoms with E-state index >= 15 is 0 Å². The van der Waals surface area contributed by atoms with Crippen LogP contribution in [0.3, 0.4) is 0 Å². The summed E-state index contributed by atoms with van der Waals surface area (Å²) in [6.45, 7) is 1.99. The lowest BCUT2D eigenvalue weighted by Crippen LogP contribution is -2.42. The monoisotopic (exact) mass is 339 g/mol. The van der Waals surface area contributed by atoms with E-state index in [0.29, 0.717) is 0 Å². The number of thioether (sulfide) groups is 1. The number of nitrogens with zero attached hydrogens (tertiary/aromatic N) is 3. The molecule has 2 N–H and O–H groups in total. The highest BCUT2D eigenvalue weighted by Crippen LogP contribution is 2.16. The molecule has 1 amide bonds. The number of benzene rings is 1. The van der Waals surface area contributed by atoms with Gasteiger partial charge in [-0.25, -0.2) is 9.67 Å². The first-order valence-corrected chi connectivity index (χ1v) is 7.96. The number of nitrogens with one attached hydrogen (secondary N) is 2. The van der Waals surface area contributed by atoms with Crippen LogP contribution in [0, 0.1) is 0 Å². The SMILES string of the molecule is CC(NC(=O)C1CSCN1)c1ccc(-n2cncn2)cc1.Cl. The third-order valence-electron chi connectivity index (χ3n) is 3.47. The smallest absolute Gasteiger partial charge is 0.238 e. The number of amides is 1. The van der Waals surface area contributed by atoms with Crippen LogP contribution in [0.2, 0.25) is 0 Å². The minimum Gasteiger partial charge on any atom is -0.348 e. The maximum atomic E-state index is 12.1. The Labute approximate surface area is 139 Å². The maximum absolute atomic E-state index is 12.1. The first kappa shape index (κ1) is 16.8. The van der Waals surface area contributed by atoms with Crippen LogP contribution in [-0.2, 0) is 4.79 Å². The molecule has 0 aliphatic carbocycles. The van der Waals surface area contributed by atoms with Crippen molar-refractivity contribution >= 4 is 30.1 Å². The van der Waals surface area contributed by atoms with E-state index in [-0.39, 0.29) is 30.4 Å². The summed E-state index contributed by atoms with van der Waals surface area (Å²) in [5.74, 6) is 1.75. The van der Waals surface area contributed by atoms with Crippen molar-refractivity contribution in [3.05, 3.63) is 42.5 Å². The molecule has 1 aliphatic rings. The van der Waals surface area contributed by atoms with E-state index in [1.807, 2.05) is 31.2 Å². The van der Waals surface area contributed by atoms with Crippen LogP contribution in [0.1, 0.15) is 18.5 Å². The molecular formula is C14H18ClN5OS. The molecule has 2 atom stereocenters. The summed E-state index contributed by atoms with van der Waals surface area (Å²) in [7, 11) is 0. The van der Waals surface area contributed by atoms with E-state index in [0.717, 1.165) is 22.9 Å². The number of carbonyl (C=O) groups excluding carboxylic acids is 1. The quantitative estimate of drug-likeness (QED) is 0.884. The summed E-state index contributed by atoms with van der Waals surface area (Å²) in [5, 5.41) is 10.3. The van der Waals surface area contributed by atoms with E-state index in [9.17, 15) is 4.79 Å². The van der Waals surface area contributed by atoms with Crippen LogP contribution in [0.15, 0.2) is 36.9 Å². The summed E-state index contributed by atoms with van der Waals surface area (Å²) < 4.78 is 1.70. The minimum absolute atomic E-state index is 0. The third-order valence-corrected chi connectivity index (χ3v) is 4.41. The molecule has 0 bridgehead atoms. The Morgan fingerprint density at radius 3 is 2.82 bits per heavy atom. The normalized spacial score (nSPS) is 18.5. The number of aromatic nitrogens is 3. The van der Waals surface area contributed by atoms with Crippen LogP contribution >= 0.6 is 24.2 Å². The second kappa shape index (κ2) is 7.62. The van der Waals surface area contributed by atoms with Crippen molar-refractivity contribution in [1.29, 1.82) is 0 Å². The number of hydrogen-bond acceptors (Lipinski definition) is 5. The molecule has 0 saturated carbocycles. The summed E-state index contributed by atoms with van der Waals surface area (Å²) in [4.78, 5) is 16.0. The molecule has 1 aliphatic heterocycles. The van der Waals surface area contributed by atoms with E-state index in [4.69, 9.17) is 0 Å². The van der Waals surface area contributed by atoms with E-state index in [1.165, 1.54) is 6.33 Å². The van der Waals surface area contributed by atoms with E-state index in [1.54, 1.807) is 22.8 Å². The molecule has 2 aromatic rings. The van der Waals surface area contributed by atoms with Crippen LogP contribution in [-0.4, -0.2) is 38.3 Å². The Kier molecular flexibility index (Phi) is 5.82. The number of rotatable bonds is 4. The zero-order valence-electron chi connectivity index (χ0n) is 12.1. The van der Waals surface area contributed by atoms with Crippen LogP contribution < -0.4 is 10.6 Å². The number of halogens is 1. The second-order valence-corrected chi connectivity index (χ2v) is 5.96. The molecule has 1 fully saturated rings. The fraction of sp³-hybridized carbons (Fsp3) is 0.357. The summed E-state index contributed by atoms with van der Waals surface area (Å²) in [5.41, 5.74) is 2.02. The van der Waals surface area contributed by atoms with Gasteiger partial charge < -0.3 is 5.32 Å². The highest BCUT2D eigenvalue weighted by Gasteiger charge is 2.23. The molecule has 22 heavy (non-hydrogen) atoms. The van der Waals surface area contributed by atoms with Crippen molar-refractivity contribution in [1.82, 2.24) is 25.4 Å². The first-order valence-electron chi connectivity index (χ1n) is 6.80. The minimum atomic E-state index is -0.0770. The average molecular weight is 340 g/mol. The van der Waals surface area contributed by atoms with Gasteiger partial charge in [-0.05, 0) is 24.6 Å². The second-order valence-electron chi connectivity index (χ2n) is 4.93. The van der Waals surface area contributed by atoms with Crippen molar-refractivity contribution in [2.75, 3.05) is 11.6 Å². The topological polar surface area (TPSA) is 71.8 Å². The Bertz CT molecular complexity index is 598. The highest BCUT2D eigenvalue weighted by atomic mass is 35.5. The van der Waals surface area contributed by atoms with Crippen LogP contribution in [0.4, 0.5) is 0 Å². The van der Waals surface area contributed by atoms with Gasteiger partial charge in [0.05, 0.1) is 17.8 Å². The fourth-order valence-electron chi connectivity index (χ4n) is 2.22. The van der Waals surface area contributed by atoms with Crippen molar-refractivity contribution in [2.45, 2.75) is 19.0 Å². The van der Waals surface area contributed by atoms with Crippen molar-refractivity contribution in [3.8, 4) is 5.69 Å². The van der Waals surface area contributed by atoms with Gasteiger partial charge in [-0.1, -0.05) is 12.1 Å². The van der Waals surface area contributed by atoms with Crippen molar-refractivity contribution in [2.24, 2.45) is 0 Å². The lowest BCUT2D eigenvalue weighted by molar-refractivity contribution is -0.123. The molecule has 0 radical (unpaired) electrons. The van der Waals surface area contributed by atoms with Gasteiger partial charge in [0.25, 0.3) is 0 Å². The van der Waals surface area contributed by atoms with Gasteiger partial charge in [-0.3, -0.25) is 10.1 Å². The number of hydrogen-bond donors (Lipinski definition) is 2. The average Bonchev–Trinajstić information content (AvgIpc) is 3.20. The molecule has 8 heteroatoms. The van der Waals surface area contributed by atoms with Crippen LogP contribution in [0.5, 0.6) is 0 Å². The lowest BCUT2D eigenvalue weighted by Gasteiger charge is -2.17. The molecule has 2 unspecified atom stereocenters. The molecule has 6 nitrogen and oxygen atoms in total. The molecule has 1 saturated heterocycles.